The number of ether oxygens (including phenoxy) is 1. The second-order valence-electron chi connectivity index (χ2n) is 5.68. The molecular weight excluding hydrogens is 363 g/mol. The Hall–Kier alpha value is -2.35. The molecule has 1 aliphatic rings. The van der Waals surface area contributed by atoms with E-state index >= 15 is 0 Å². The minimum absolute atomic E-state index is 0.165. The Morgan fingerprint density at radius 2 is 1.38 bits per heavy atom. The molecule has 2 unspecified atom stereocenters. The summed E-state index contributed by atoms with van der Waals surface area (Å²) in [6.45, 7) is 0. The Labute approximate surface area is 147 Å². The van der Waals surface area contributed by atoms with Crippen molar-refractivity contribution in [2.75, 3.05) is 0 Å². The number of rotatable bonds is 3. The summed E-state index contributed by atoms with van der Waals surface area (Å²) in [5.41, 5.74) is 2.86. The Morgan fingerprint density at radius 1 is 0.750 bits per heavy atom. The molecule has 0 aromatic heterocycles. The van der Waals surface area contributed by atoms with Crippen molar-refractivity contribution < 1.29 is 9.53 Å². The van der Waals surface area contributed by atoms with Crippen LogP contribution in [0.5, 0.6) is 0 Å². The average molecular weight is 379 g/mol. The van der Waals surface area contributed by atoms with E-state index in [-0.39, 0.29) is 31.8 Å². The third kappa shape index (κ3) is 2.89. The molecule has 4 rings (SSSR count). The fourth-order valence-electron chi connectivity index (χ4n) is 2.99. The molecule has 0 fully saturated rings. The van der Waals surface area contributed by atoms with Crippen LogP contribution in [0.1, 0.15) is 32.4 Å². The maximum atomic E-state index is 12.5. The van der Waals surface area contributed by atoms with Crippen LogP contribution in [0, 0.1) is 0 Å². The van der Waals surface area contributed by atoms with E-state index in [0.717, 1.165) is 11.1 Å². The van der Waals surface area contributed by atoms with Crippen molar-refractivity contribution in [3.05, 3.63) is 102 Å². The van der Waals surface area contributed by atoms with Crippen molar-refractivity contribution >= 4 is 25.4 Å². The van der Waals surface area contributed by atoms with Crippen molar-refractivity contribution in [1.29, 1.82) is 0 Å². The predicted molar refractivity (Wildman–Crippen MR) is 95.6 cm³/mol. The first-order chi connectivity index (χ1) is 11.8. The molecule has 2 atom stereocenters. The number of carbonyl (C=O) groups excluding carboxylic acids is 1. The van der Waals surface area contributed by atoms with Crippen molar-refractivity contribution in [2.45, 2.75) is 10.9 Å². The van der Waals surface area contributed by atoms with Gasteiger partial charge in [0.2, 0.25) is 0 Å². The van der Waals surface area contributed by atoms with Crippen LogP contribution < -0.4 is 4.46 Å². The van der Waals surface area contributed by atoms with E-state index < -0.39 is 0 Å². The van der Waals surface area contributed by atoms with Gasteiger partial charge in [-0.25, -0.2) is 0 Å². The molecule has 24 heavy (non-hydrogen) atoms. The van der Waals surface area contributed by atoms with Crippen LogP contribution in [-0.2, 0) is 4.74 Å². The van der Waals surface area contributed by atoms with E-state index in [2.05, 4.69) is 30.3 Å². The Bertz CT molecular complexity index is 846. The molecule has 118 valence electrons. The van der Waals surface area contributed by atoms with Gasteiger partial charge in [-0.15, -0.1) is 0 Å². The number of fused-ring (bicyclic) bond motifs is 1. The van der Waals surface area contributed by atoms with E-state index in [9.17, 15) is 4.79 Å². The van der Waals surface area contributed by atoms with Gasteiger partial charge >= 0.3 is 147 Å². The summed E-state index contributed by atoms with van der Waals surface area (Å²) < 4.78 is 7.17. The number of hydrogen-bond acceptors (Lipinski definition) is 2. The SMILES string of the molecule is O=C1OC(c2ccccc2)C([Se]c2ccccc2)c2ccccc21. The van der Waals surface area contributed by atoms with Gasteiger partial charge in [-0.3, -0.25) is 0 Å². The summed E-state index contributed by atoms with van der Waals surface area (Å²) in [6, 6.07) is 28.4. The quantitative estimate of drug-likeness (QED) is 0.513. The maximum absolute atomic E-state index is 12.5. The normalized spacial score (nSPS) is 19.4. The van der Waals surface area contributed by atoms with Gasteiger partial charge in [0.1, 0.15) is 0 Å². The molecule has 3 aromatic rings. The molecule has 0 saturated heterocycles. The van der Waals surface area contributed by atoms with E-state index in [1.54, 1.807) is 0 Å². The summed E-state index contributed by atoms with van der Waals surface area (Å²) in [6.07, 6.45) is -0.228. The first kappa shape index (κ1) is 15.2. The molecular formula is C21H16O2Se. The summed E-state index contributed by atoms with van der Waals surface area (Å²) >= 11 is 0.165. The Kier molecular flexibility index (Phi) is 4.20. The predicted octanol–water partition coefficient (Wildman–Crippen LogP) is 3.67. The summed E-state index contributed by atoms with van der Waals surface area (Å²) in [5.74, 6) is -0.223. The second-order valence-corrected chi connectivity index (χ2v) is 8.22. The number of carbonyl (C=O) groups is 1. The van der Waals surface area contributed by atoms with Crippen molar-refractivity contribution in [1.82, 2.24) is 0 Å². The molecule has 1 heterocycles. The Balaban J connectivity index is 1.79. The molecule has 0 radical (unpaired) electrons. The van der Waals surface area contributed by atoms with Crippen LogP contribution in [0.4, 0.5) is 0 Å². The van der Waals surface area contributed by atoms with Gasteiger partial charge in [-0.1, -0.05) is 0 Å². The van der Waals surface area contributed by atoms with Crippen LogP contribution in [0.15, 0.2) is 84.9 Å². The monoisotopic (exact) mass is 380 g/mol. The molecule has 0 bridgehead atoms. The topological polar surface area (TPSA) is 26.3 Å². The van der Waals surface area contributed by atoms with E-state index in [4.69, 9.17) is 4.74 Å². The molecule has 0 saturated carbocycles. The summed E-state index contributed by atoms with van der Waals surface area (Å²) in [4.78, 5) is 12.6. The summed E-state index contributed by atoms with van der Waals surface area (Å²) in [7, 11) is 0. The number of hydrogen-bond donors (Lipinski definition) is 0. The minimum atomic E-state index is -0.228. The van der Waals surface area contributed by atoms with Crippen LogP contribution >= 0.6 is 0 Å². The second kappa shape index (κ2) is 6.64. The zero-order chi connectivity index (χ0) is 16.4. The zero-order valence-corrected chi connectivity index (χ0v) is 14.7. The van der Waals surface area contributed by atoms with Gasteiger partial charge < -0.3 is 0 Å². The van der Waals surface area contributed by atoms with Gasteiger partial charge in [0.25, 0.3) is 0 Å². The van der Waals surface area contributed by atoms with E-state index in [1.165, 1.54) is 4.46 Å². The molecule has 0 amide bonds. The fraction of sp³-hybridized carbons (Fsp3) is 0.0952. The van der Waals surface area contributed by atoms with Crippen LogP contribution in [0.3, 0.4) is 0 Å². The molecule has 0 N–H and O–H groups in total. The van der Waals surface area contributed by atoms with E-state index in [0.29, 0.717) is 5.56 Å². The molecule has 0 spiro atoms. The average Bonchev–Trinajstić information content (AvgIpc) is 2.65. The first-order valence-electron chi connectivity index (χ1n) is 7.89. The van der Waals surface area contributed by atoms with Gasteiger partial charge in [0.15, 0.2) is 0 Å². The Morgan fingerprint density at radius 3 is 2.12 bits per heavy atom. The number of esters is 1. The van der Waals surface area contributed by atoms with Gasteiger partial charge in [0, 0.05) is 0 Å². The van der Waals surface area contributed by atoms with E-state index in [1.807, 2.05) is 54.6 Å². The standard InChI is InChI=1S/C21H16O2Se/c22-21-18-14-8-7-13-17(18)20(24-16-11-5-2-6-12-16)19(23-21)15-9-3-1-4-10-15/h1-14,19-20H. The zero-order valence-electron chi connectivity index (χ0n) is 13.0. The molecule has 3 aromatic carbocycles. The van der Waals surface area contributed by atoms with Gasteiger partial charge in [-0.05, 0) is 0 Å². The van der Waals surface area contributed by atoms with Crippen LogP contribution in [0.2, 0.25) is 0 Å². The van der Waals surface area contributed by atoms with Gasteiger partial charge in [-0.2, -0.15) is 0 Å². The summed E-state index contributed by atoms with van der Waals surface area (Å²) in [5, 5.41) is 0. The number of cyclic esters (lactones) is 1. The van der Waals surface area contributed by atoms with Crippen molar-refractivity contribution in [2.24, 2.45) is 0 Å². The van der Waals surface area contributed by atoms with Crippen molar-refractivity contribution in [3.8, 4) is 0 Å². The van der Waals surface area contributed by atoms with Gasteiger partial charge in [0.05, 0.1) is 0 Å². The third-order valence-electron chi connectivity index (χ3n) is 4.13. The molecule has 0 aliphatic carbocycles. The molecule has 1 aliphatic heterocycles. The van der Waals surface area contributed by atoms with Crippen molar-refractivity contribution in [3.63, 3.8) is 0 Å². The first-order valence-corrected chi connectivity index (χ1v) is 9.74. The molecule has 2 nitrogen and oxygen atoms in total. The van der Waals surface area contributed by atoms with Crippen LogP contribution in [0.25, 0.3) is 0 Å². The third-order valence-corrected chi connectivity index (χ3v) is 6.86. The van der Waals surface area contributed by atoms with Crippen LogP contribution in [-0.4, -0.2) is 20.9 Å². The fourth-order valence-corrected chi connectivity index (χ4v) is 5.67. The molecule has 3 heteroatoms. The number of benzene rings is 3.